The maximum atomic E-state index is 13.4. The van der Waals surface area contributed by atoms with Crippen molar-refractivity contribution in [2.24, 2.45) is 0 Å². The topological polar surface area (TPSA) is 74.3 Å². The van der Waals surface area contributed by atoms with Crippen LogP contribution in [0, 0.1) is 0 Å². The highest BCUT2D eigenvalue weighted by molar-refractivity contribution is 8.01. The molecule has 0 aromatic heterocycles. The van der Waals surface area contributed by atoms with Gasteiger partial charge < -0.3 is 18.9 Å². The van der Waals surface area contributed by atoms with E-state index in [0.29, 0.717) is 40.9 Å². The minimum absolute atomic E-state index is 0.143. The molecule has 1 atom stereocenters. The standard InChI is InChI=1S/C19H23NO6S2/c1-23-14-7-5-6-8-18(14)28(21,22)20-9-10-27-19(20)13-11-16(25-3)17(26-4)12-15(13)24-2/h5-8,11-12,19H,9-10H2,1-4H3. The quantitative estimate of drug-likeness (QED) is 0.675. The maximum absolute atomic E-state index is 13.4. The van der Waals surface area contributed by atoms with Crippen LogP contribution in [0.4, 0.5) is 0 Å². The van der Waals surface area contributed by atoms with Crippen LogP contribution in [0.25, 0.3) is 0 Å². The zero-order valence-electron chi connectivity index (χ0n) is 16.2. The summed E-state index contributed by atoms with van der Waals surface area (Å²) in [7, 11) is 2.31. The number of methoxy groups -OCH3 is 4. The molecule has 0 amide bonds. The van der Waals surface area contributed by atoms with Crippen molar-refractivity contribution >= 4 is 21.8 Å². The molecule has 0 spiro atoms. The van der Waals surface area contributed by atoms with Crippen molar-refractivity contribution in [1.29, 1.82) is 0 Å². The number of hydrogen-bond donors (Lipinski definition) is 0. The number of ether oxygens (including phenoxy) is 4. The van der Waals surface area contributed by atoms with Crippen LogP contribution in [0.3, 0.4) is 0 Å². The van der Waals surface area contributed by atoms with Crippen molar-refractivity contribution in [1.82, 2.24) is 4.31 Å². The fourth-order valence-electron chi connectivity index (χ4n) is 3.15. The Morgan fingerprint density at radius 3 is 2.14 bits per heavy atom. The van der Waals surface area contributed by atoms with Crippen molar-refractivity contribution in [3.05, 3.63) is 42.0 Å². The summed E-state index contributed by atoms with van der Waals surface area (Å²) < 4.78 is 49.8. The summed E-state index contributed by atoms with van der Waals surface area (Å²) in [5.74, 6) is 2.55. The molecule has 152 valence electrons. The molecule has 1 saturated heterocycles. The summed E-state index contributed by atoms with van der Waals surface area (Å²) in [5, 5.41) is -0.454. The predicted molar refractivity (Wildman–Crippen MR) is 108 cm³/mol. The van der Waals surface area contributed by atoms with Crippen molar-refractivity contribution in [2.75, 3.05) is 40.7 Å². The predicted octanol–water partition coefficient (Wildman–Crippen LogP) is 3.16. The number of nitrogens with zero attached hydrogens (tertiary/aromatic N) is 1. The second-order valence-corrected chi connectivity index (χ2v) is 8.99. The molecule has 9 heteroatoms. The smallest absolute Gasteiger partial charge is 0.248 e. The van der Waals surface area contributed by atoms with Gasteiger partial charge in [0.2, 0.25) is 10.0 Å². The third kappa shape index (κ3) is 3.61. The summed E-state index contributed by atoms with van der Waals surface area (Å²) in [6.07, 6.45) is 0. The molecule has 0 radical (unpaired) electrons. The number of benzene rings is 2. The van der Waals surface area contributed by atoms with Crippen molar-refractivity contribution in [3.8, 4) is 23.0 Å². The first-order valence-corrected chi connectivity index (χ1v) is 11.0. The number of sulfonamides is 1. The summed E-state index contributed by atoms with van der Waals surface area (Å²) >= 11 is 1.53. The molecule has 2 aromatic rings. The zero-order valence-corrected chi connectivity index (χ0v) is 17.8. The molecule has 0 bridgehead atoms. The number of rotatable bonds is 7. The van der Waals surface area contributed by atoms with Crippen LogP contribution in [0.15, 0.2) is 41.3 Å². The van der Waals surface area contributed by atoms with E-state index in [1.54, 1.807) is 57.7 Å². The van der Waals surface area contributed by atoms with Crippen molar-refractivity contribution in [3.63, 3.8) is 0 Å². The molecule has 1 unspecified atom stereocenters. The monoisotopic (exact) mass is 425 g/mol. The molecule has 0 saturated carbocycles. The lowest BCUT2D eigenvalue weighted by atomic mass is 10.1. The van der Waals surface area contributed by atoms with Gasteiger partial charge >= 0.3 is 0 Å². The van der Waals surface area contributed by atoms with Crippen LogP contribution in [-0.2, 0) is 10.0 Å². The van der Waals surface area contributed by atoms with E-state index >= 15 is 0 Å². The Bertz CT molecular complexity index is 947. The Labute approximate surface area is 169 Å². The average molecular weight is 426 g/mol. The highest BCUT2D eigenvalue weighted by Crippen LogP contribution is 2.48. The van der Waals surface area contributed by atoms with Crippen LogP contribution < -0.4 is 18.9 Å². The highest BCUT2D eigenvalue weighted by Gasteiger charge is 2.40. The molecule has 7 nitrogen and oxygen atoms in total. The van der Waals surface area contributed by atoms with Gasteiger partial charge in [-0.05, 0) is 18.2 Å². The van der Waals surface area contributed by atoms with Crippen LogP contribution in [0.1, 0.15) is 10.9 Å². The Hall–Kier alpha value is -2.10. The fraction of sp³-hybridized carbons (Fsp3) is 0.368. The maximum Gasteiger partial charge on any atom is 0.248 e. The van der Waals surface area contributed by atoms with Gasteiger partial charge in [-0.2, -0.15) is 4.31 Å². The lowest BCUT2D eigenvalue weighted by molar-refractivity contribution is 0.344. The summed E-state index contributed by atoms with van der Waals surface area (Å²) in [5.41, 5.74) is 0.709. The minimum atomic E-state index is -3.78. The first-order valence-electron chi connectivity index (χ1n) is 8.54. The van der Waals surface area contributed by atoms with E-state index in [1.807, 2.05) is 0 Å². The fourth-order valence-corrected chi connectivity index (χ4v) is 6.55. The van der Waals surface area contributed by atoms with Crippen molar-refractivity contribution < 1.29 is 27.4 Å². The van der Waals surface area contributed by atoms with Gasteiger partial charge in [-0.3, -0.25) is 0 Å². The lowest BCUT2D eigenvalue weighted by Crippen LogP contribution is -2.31. The highest BCUT2D eigenvalue weighted by atomic mass is 32.2. The number of thioether (sulfide) groups is 1. The second-order valence-electron chi connectivity index (χ2n) is 5.94. The SMILES string of the molecule is COc1cc(OC)c(C2SCCN2S(=O)(=O)c2ccccc2OC)cc1OC. The van der Waals surface area contributed by atoms with E-state index < -0.39 is 15.4 Å². The molecule has 0 aliphatic carbocycles. The van der Waals surface area contributed by atoms with Crippen LogP contribution in [-0.4, -0.2) is 53.5 Å². The first kappa shape index (κ1) is 20.6. The first-order chi connectivity index (χ1) is 13.5. The van der Waals surface area contributed by atoms with E-state index in [4.69, 9.17) is 18.9 Å². The Morgan fingerprint density at radius 1 is 0.893 bits per heavy atom. The van der Waals surface area contributed by atoms with Crippen LogP contribution in [0.5, 0.6) is 23.0 Å². The third-order valence-corrected chi connectivity index (χ3v) is 7.79. The molecule has 0 N–H and O–H groups in total. The zero-order chi connectivity index (χ0) is 20.3. The summed E-state index contributed by atoms with van der Waals surface area (Å²) in [6.45, 7) is 0.382. The van der Waals surface area contributed by atoms with Gasteiger partial charge in [-0.1, -0.05) is 12.1 Å². The Morgan fingerprint density at radius 2 is 1.50 bits per heavy atom. The van der Waals surface area contributed by atoms with E-state index in [1.165, 1.54) is 23.2 Å². The van der Waals surface area contributed by atoms with E-state index in [9.17, 15) is 8.42 Å². The molecule has 28 heavy (non-hydrogen) atoms. The normalized spacial score (nSPS) is 17.4. The van der Waals surface area contributed by atoms with Gasteiger partial charge in [0.25, 0.3) is 0 Å². The molecule has 1 heterocycles. The second kappa shape index (κ2) is 8.50. The third-order valence-electron chi connectivity index (χ3n) is 4.51. The molecular weight excluding hydrogens is 402 g/mol. The molecule has 2 aromatic carbocycles. The molecule has 1 aliphatic heterocycles. The van der Waals surface area contributed by atoms with Crippen LogP contribution >= 0.6 is 11.8 Å². The van der Waals surface area contributed by atoms with E-state index in [-0.39, 0.29) is 4.90 Å². The van der Waals surface area contributed by atoms with Crippen molar-refractivity contribution in [2.45, 2.75) is 10.3 Å². The van der Waals surface area contributed by atoms with Gasteiger partial charge in [-0.15, -0.1) is 11.8 Å². The molecule has 1 fully saturated rings. The van der Waals surface area contributed by atoms with Gasteiger partial charge in [0.1, 0.15) is 16.4 Å². The molecular formula is C19H23NO6S2. The van der Waals surface area contributed by atoms with Crippen LogP contribution in [0.2, 0.25) is 0 Å². The van der Waals surface area contributed by atoms with Gasteiger partial charge in [0.15, 0.2) is 11.5 Å². The summed E-state index contributed by atoms with van der Waals surface area (Å²) in [4.78, 5) is 0.143. The lowest BCUT2D eigenvalue weighted by Gasteiger charge is -2.26. The largest absolute Gasteiger partial charge is 0.496 e. The van der Waals surface area contributed by atoms with Gasteiger partial charge in [0, 0.05) is 23.9 Å². The number of para-hydroxylation sites is 1. The Kier molecular flexibility index (Phi) is 6.26. The van der Waals surface area contributed by atoms with E-state index in [2.05, 4.69) is 0 Å². The van der Waals surface area contributed by atoms with Gasteiger partial charge in [0.05, 0.1) is 33.8 Å². The van der Waals surface area contributed by atoms with Gasteiger partial charge in [-0.25, -0.2) is 8.42 Å². The molecule has 1 aliphatic rings. The summed E-state index contributed by atoms with van der Waals surface area (Å²) in [6, 6.07) is 10.1. The average Bonchev–Trinajstić information content (AvgIpc) is 3.23. The minimum Gasteiger partial charge on any atom is -0.496 e. The molecule has 3 rings (SSSR count). The number of hydrogen-bond acceptors (Lipinski definition) is 7. The van der Waals surface area contributed by atoms with E-state index in [0.717, 1.165) is 0 Å². The Balaban J connectivity index is 2.09.